The molecule has 3 N–H and O–H groups in total. The molecule has 13 nitrogen and oxygen atoms in total. The van der Waals surface area contributed by atoms with Gasteiger partial charge in [-0.2, -0.15) is 0 Å². The van der Waals surface area contributed by atoms with E-state index in [2.05, 4.69) is 0 Å². The van der Waals surface area contributed by atoms with Gasteiger partial charge in [0, 0.05) is 11.8 Å². The lowest BCUT2D eigenvalue weighted by Crippen LogP contribution is -2.63. The van der Waals surface area contributed by atoms with E-state index in [-0.39, 0.29) is 37.3 Å². The highest BCUT2D eigenvalue weighted by Gasteiger charge is 2.56. The lowest BCUT2D eigenvalue weighted by molar-refractivity contribution is -0.364. The van der Waals surface area contributed by atoms with E-state index in [0.29, 0.717) is 28.2 Å². The number of hydrogen-bond donors (Lipinski definition) is 3. The Balaban J connectivity index is 1.32. The Kier molecular flexibility index (Phi) is 6.83. The minimum Gasteiger partial charge on any atom is -0.502 e. The van der Waals surface area contributed by atoms with Crippen LogP contribution in [0.4, 0.5) is 0 Å². The Morgan fingerprint density at radius 1 is 0.881 bits per heavy atom. The summed E-state index contributed by atoms with van der Waals surface area (Å²) in [4.78, 5) is 13.4. The van der Waals surface area contributed by atoms with Crippen molar-refractivity contribution >= 4 is 5.97 Å². The van der Waals surface area contributed by atoms with Gasteiger partial charge in [0.15, 0.2) is 35.6 Å². The molecule has 0 aromatic heterocycles. The zero-order chi connectivity index (χ0) is 29.3. The Bertz CT molecular complexity index is 1350. The first kappa shape index (κ1) is 27.5. The van der Waals surface area contributed by atoms with Crippen LogP contribution in [0.3, 0.4) is 0 Å². The van der Waals surface area contributed by atoms with Crippen molar-refractivity contribution in [2.45, 2.75) is 55.9 Å². The predicted octanol–water partition coefficient (Wildman–Crippen LogP) is 1.34. The van der Waals surface area contributed by atoms with Crippen LogP contribution in [0.25, 0.3) is 0 Å². The van der Waals surface area contributed by atoms with E-state index in [4.69, 9.17) is 42.6 Å². The molecule has 4 aliphatic heterocycles. The minimum absolute atomic E-state index is 0.0301. The highest BCUT2D eigenvalue weighted by Crippen LogP contribution is 2.57. The van der Waals surface area contributed by atoms with E-state index < -0.39 is 66.8 Å². The van der Waals surface area contributed by atoms with Crippen molar-refractivity contribution in [3.63, 3.8) is 0 Å². The van der Waals surface area contributed by atoms with Crippen molar-refractivity contribution in [2.75, 3.05) is 34.2 Å². The summed E-state index contributed by atoms with van der Waals surface area (Å²) in [7, 11) is 2.86. The maximum atomic E-state index is 13.4. The molecule has 3 saturated heterocycles. The van der Waals surface area contributed by atoms with Gasteiger partial charge < -0.3 is 58.0 Å². The fourth-order valence-electron chi connectivity index (χ4n) is 6.74. The molecule has 42 heavy (non-hydrogen) atoms. The van der Waals surface area contributed by atoms with Crippen molar-refractivity contribution in [1.29, 1.82) is 0 Å². The monoisotopic (exact) mass is 588 g/mol. The van der Waals surface area contributed by atoms with Gasteiger partial charge in [0.2, 0.25) is 12.5 Å². The first-order valence-corrected chi connectivity index (χ1v) is 13.8. The van der Waals surface area contributed by atoms with Crippen molar-refractivity contribution in [2.24, 2.45) is 11.8 Å². The number of methoxy groups -OCH3 is 2. The van der Waals surface area contributed by atoms with Crippen LogP contribution in [0, 0.1) is 11.8 Å². The Morgan fingerprint density at radius 3 is 2.26 bits per heavy atom. The van der Waals surface area contributed by atoms with Crippen LogP contribution in [0.1, 0.15) is 35.6 Å². The number of fused-ring (bicyclic) bond motifs is 4. The van der Waals surface area contributed by atoms with E-state index in [1.54, 1.807) is 31.2 Å². The number of phenolic OH excluding ortho intramolecular Hbond substituents is 1. The van der Waals surface area contributed by atoms with E-state index in [9.17, 15) is 20.1 Å². The fraction of sp³-hybridized carbons (Fsp3) is 0.552. The summed E-state index contributed by atoms with van der Waals surface area (Å²) in [5.41, 5.74) is 2.01. The molecular formula is C29H32O13. The van der Waals surface area contributed by atoms with Gasteiger partial charge in [-0.25, -0.2) is 0 Å². The van der Waals surface area contributed by atoms with Crippen molar-refractivity contribution in [1.82, 2.24) is 0 Å². The summed E-state index contributed by atoms with van der Waals surface area (Å²) in [5.74, 6) is -1.02. The zero-order valence-electron chi connectivity index (χ0n) is 23.1. The quantitative estimate of drug-likeness (QED) is 0.430. The maximum Gasteiger partial charge on any atom is 0.310 e. The van der Waals surface area contributed by atoms with Crippen LogP contribution >= 0.6 is 0 Å². The van der Waals surface area contributed by atoms with Gasteiger partial charge in [-0.3, -0.25) is 4.79 Å². The summed E-state index contributed by atoms with van der Waals surface area (Å²) < 4.78 is 51.5. The second kappa shape index (κ2) is 10.4. The van der Waals surface area contributed by atoms with Crippen LogP contribution in [0.15, 0.2) is 24.3 Å². The zero-order valence-corrected chi connectivity index (χ0v) is 23.1. The second-order valence-corrected chi connectivity index (χ2v) is 11.0. The van der Waals surface area contributed by atoms with Crippen molar-refractivity contribution < 1.29 is 62.7 Å². The third-order valence-electron chi connectivity index (χ3n) is 8.75. The molecule has 5 aliphatic rings. The summed E-state index contributed by atoms with van der Waals surface area (Å²) in [6, 6.07) is 6.93. The molecule has 0 unspecified atom stereocenters. The number of ether oxygens (including phenoxy) is 9. The molecule has 0 amide bonds. The van der Waals surface area contributed by atoms with Gasteiger partial charge in [-0.05, 0) is 47.9 Å². The molecule has 0 spiro atoms. The molecule has 13 heteroatoms. The van der Waals surface area contributed by atoms with Gasteiger partial charge >= 0.3 is 5.97 Å². The minimum atomic E-state index is -1.44. The van der Waals surface area contributed by atoms with Gasteiger partial charge in [0.25, 0.3) is 0 Å². The first-order valence-electron chi connectivity index (χ1n) is 13.8. The third kappa shape index (κ3) is 4.26. The maximum absolute atomic E-state index is 13.4. The van der Waals surface area contributed by atoms with Crippen LogP contribution in [-0.4, -0.2) is 92.5 Å². The van der Waals surface area contributed by atoms with E-state index in [0.717, 1.165) is 0 Å². The topological polar surface area (TPSA) is 161 Å². The van der Waals surface area contributed by atoms with Gasteiger partial charge in [0.05, 0.1) is 39.5 Å². The largest absolute Gasteiger partial charge is 0.502 e. The number of aliphatic hydroxyl groups excluding tert-OH is 2. The number of esters is 1. The standard InChI is InChI=1S/C29H32O13/c1-11-36-9-20-27(40-11)24(31)25(32)29(41-20)42-26-14-7-17-16(38-10-39-17)6-13(14)21(22-15(26)8-37-28(22)33)12-4-18(34-2)23(30)19(5-12)35-3/h4-7,11,15,20-22,24-27,29-32H,8-10H2,1-3H3/t11-,15+,20-,21-,22+,24-,25-,26+,27-,29+/m1/s1. The molecule has 4 heterocycles. The summed E-state index contributed by atoms with van der Waals surface area (Å²) in [6.07, 6.45) is -6.80. The Labute approximate surface area is 240 Å². The molecule has 0 bridgehead atoms. The first-order chi connectivity index (χ1) is 20.3. The number of hydrogen-bond acceptors (Lipinski definition) is 13. The highest BCUT2D eigenvalue weighted by molar-refractivity contribution is 5.79. The number of cyclic esters (lactones) is 1. The molecule has 2 aromatic rings. The predicted molar refractivity (Wildman–Crippen MR) is 138 cm³/mol. The average molecular weight is 589 g/mol. The SMILES string of the molecule is COc1cc([C@@H]2c3cc4c(cc3[C@H](O[C@@H]3O[C@@H]5CO[C@@H](C)O[C@H]5[C@H](O)[C@H]3O)[C@H]3COC(=O)[C@H]23)OCO4)cc(OC)c1O. The van der Waals surface area contributed by atoms with Gasteiger partial charge in [0.1, 0.15) is 24.4 Å². The number of carbonyl (C=O) groups is 1. The molecule has 0 radical (unpaired) electrons. The summed E-state index contributed by atoms with van der Waals surface area (Å²) in [6.45, 7) is 1.93. The number of benzene rings is 2. The van der Waals surface area contributed by atoms with Crippen LogP contribution in [0.5, 0.6) is 28.7 Å². The Morgan fingerprint density at radius 2 is 1.57 bits per heavy atom. The number of carbonyl (C=O) groups excluding carboxylic acids is 1. The second-order valence-electron chi connectivity index (χ2n) is 11.0. The number of aromatic hydroxyl groups is 1. The van der Waals surface area contributed by atoms with Gasteiger partial charge in [-0.15, -0.1) is 0 Å². The molecular weight excluding hydrogens is 556 g/mol. The fourth-order valence-corrected chi connectivity index (χ4v) is 6.74. The molecule has 3 fully saturated rings. The van der Waals surface area contributed by atoms with E-state index in [1.807, 2.05) is 0 Å². The number of aliphatic hydroxyl groups is 2. The third-order valence-corrected chi connectivity index (χ3v) is 8.75. The van der Waals surface area contributed by atoms with Crippen LogP contribution in [-0.2, 0) is 28.5 Å². The van der Waals surface area contributed by atoms with E-state index >= 15 is 0 Å². The molecule has 7 rings (SSSR count). The highest BCUT2D eigenvalue weighted by atomic mass is 16.8. The Hall–Kier alpha value is -3.33. The molecule has 1 aliphatic carbocycles. The summed E-state index contributed by atoms with van der Waals surface area (Å²) in [5, 5.41) is 32.5. The average Bonchev–Trinajstić information content (AvgIpc) is 3.61. The lowest BCUT2D eigenvalue weighted by atomic mass is 9.66. The smallest absolute Gasteiger partial charge is 0.310 e. The summed E-state index contributed by atoms with van der Waals surface area (Å²) >= 11 is 0. The van der Waals surface area contributed by atoms with Crippen LogP contribution in [0.2, 0.25) is 0 Å². The lowest BCUT2D eigenvalue weighted by Gasteiger charge is -2.47. The molecule has 0 saturated carbocycles. The molecule has 2 aromatic carbocycles. The number of phenols is 1. The van der Waals surface area contributed by atoms with Gasteiger partial charge in [-0.1, -0.05) is 0 Å². The molecule has 10 atom stereocenters. The number of rotatable bonds is 5. The molecule has 226 valence electrons. The van der Waals surface area contributed by atoms with Crippen molar-refractivity contribution in [3.8, 4) is 28.7 Å². The van der Waals surface area contributed by atoms with Crippen LogP contribution < -0.4 is 18.9 Å². The van der Waals surface area contributed by atoms with Crippen molar-refractivity contribution in [3.05, 3.63) is 41.0 Å². The normalized spacial score (nSPS) is 36.5. The van der Waals surface area contributed by atoms with E-state index in [1.165, 1.54) is 14.2 Å².